The molecule has 1 aromatic carbocycles. The first-order valence-electron chi connectivity index (χ1n) is 6.46. The van der Waals surface area contributed by atoms with Crippen LogP contribution in [-0.4, -0.2) is 32.7 Å². The van der Waals surface area contributed by atoms with Gasteiger partial charge < -0.3 is 20.1 Å². The van der Waals surface area contributed by atoms with E-state index in [9.17, 15) is 4.79 Å². The molecule has 0 saturated carbocycles. The average Bonchev–Trinajstić information content (AvgIpc) is 2.98. The largest absolute Gasteiger partial charge is 0.497 e. The fraction of sp³-hybridized carbons (Fsp3) is 0.500. The topological polar surface area (TPSA) is 59.6 Å². The van der Waals surface area contributed by atoms with Crippen molar-refractivity contribution in [3.63, 3.8) is 0 Å². The molecule has 1 aromatic rings. The number of benzene rings is 1. The molecule has 0 spiro atoms. The summed E-state index contributed by atoms with van der Waals surface area (Å²) in [7, 11) is 3.22. The maximum atomic E-state index is 11.9. The minimum Gasteiger partial charge on any atom is -0.497 e. The van der Waals surface area contributed by atoms with E-state index in [4.69, 9.17) is 9.47 Å². The maximum absolute atomic E-state index is 11.9. The second-order valence-electron chi connectivity index (χ2n) is 4.54. The third-order valence-electron chi connectivity index (χ3n) is 3.32. The lowest BCUT2D eigenvalue weighted by atomic mass is 10.1. The van der Waals surface area contributed by atoms with E-state index in [0.717, 1.165) is 36.4 Å². The van der Waals surface area contributed by atoms with Gasteiger partial charge in [0.25, 0.3) is 0 Å². The van der Waals surface area contributed by atoms with Gasteiger partial charge in [0.2, 0.25) is 5.91 Å². The van der Waals surface area contributed by atoms with Gasteiger partial charge in [-0.15, -0.1) is 0 Å². The molecule has 1 heterocycles. The molecule has 5 nitrogen and oxygen atoms in total. The quantitative estimate of drug-likeness (QED) is 0.835. The number of carbonyl (C=O) groups excluding carboxylic acids is 1. The predicted molar refractivity (Wildman–Crippen MR) is 72.4 cm³/mol. The van der Waals surface area contributed by atoms with Crippen molar-refractivity contribution in [1.29, 1.82) is 0 Å². The highest BCUT2D eigenvalue weighted by Crippen LogP contribution is 2.24. The van der Waals surface area contributed by atoms with Crippen molar-refractivity contribution >= 4 is 5.91 Å². The summed E-state index contributed by atoms with van der Waals surface area (Å²) < 4.78 is 10.4. The molecule has 19 heavy (non-hydrogen) atoms. The molecule has 1 aliphatic heterocycles. The number of nitrogens with one attached hydrogen (secondary N) is 2. The first-order chi connectivity index (χ1) is 9.24. The molecule has 5 heteroatoms. The van der Waals surface area contributed by atoms with Crippen molar-refractivity contribution in [3.8, 4) is 11.5 Å². The van der Waals surface area contributed by atoms with Gasteiger partial charge in [0.05, 0.1) is 20.3 Å². The highest BCUT2D eigenvalue weighted by atomic mass is 16.5. The van der Waals surface area contributed by atoms with Gasteiger partial charge in [-0.2, -0.15) is 0 Å². The Balaban J connectivity index is 1.96. The number of hydrogen-bond donors (Lipinski definition) is 2. The number of methoxy groups -OCH3 is 2. The zero-order valence-corrected chi connectivity index (χ0v) is 11.4. The molecule has 0 aromatic heterocycles. The van der Waals surface area contributed by atoms with Gasteiger partial charge in [0.1, 0.15) is 11.5 Å². The molecule has 0 unspecified atom stereocenters. The summed E-state index contributed by atoms with van der Waals surface area (Å²) in [5.74, 6) is 1.51. The zero-order chi connectivity index (χ0) is 13.7. The highest BCUT2D eigenvalue weighted by Gasteiger charge is 2.21. The van der Waals surface area contributed by atoms with Crippen LogP contribution in [0.4, 0.5) is 0 Å². The van der Waals surface area contributed by atoms with E-state index in [1.165, 1.54) is 0 Å². The smallest absolute Gasteiger partial charge is 0.237 e. The van der Waals surface area contributed by atoms with Crippen molar-refractivity contribution in [2.45, 2.75) is 25.4 Å². The first-order valence-corrected chi connectivity index (χ1v) is 6.46. The Hall–Kier alpha value is -1.75. The molecule has 2 rings (SSSR count). The Morgan fingerprint density at radius 1 is 1.42 bits per heavy atom. The van der Waals surface area contributed by atoms with Gasteiger partial charge in [-0.05, 0) is 31.5 Å². The Morgan fingerprint density at radius 2 is 2.26 bits per heavy atom. The van der Waals surface area contributed by atoms with Crippen LogP contribution in [0.2, 0.25) is 0 Å². The molecule has 0 bridgehead atoms. The lowest BCUT2D eigenvalue weighted by molar-refractivity contribution is -0.122. The van der Waals surface area contributed by atoms with E-state index >= 15 is 0 Å². The van der Waals surface area contributed by atoms with Crippen LogP contribution in [0.5, 0.6) is 11.5 Å². The van der Waals surface area contributed by atoms with E-state index in [1.54, 1.807) is 14.2 Å². The molecule has 104 valence electrons. The SMILES string of the molecule is COc1ccc(CNC(=O)[C@H]2CCCN2)c(OC)c1. The molecule has 2 N–H and O–H groups in total. The van der Waals surface area contributed by atoms with Crippen LogP contribution < -0.4 is 20.1 Å². The van der Waals surface area contributed by atoms with E-state index in [2.05, 4.69) is 10.6 Å². The average molecular weight is 264 g/mol. The van der Waals surface area contributed by atoms with Crippen LogP contribution in [0.1, 0.15) is 18.4 Å². The monoisotopic (exact) mass is 264 g/mol. The molecule has 1 saturated heterocycles. The standard InChI is InChI=1S/C14H20N2O3/c1-18-11-6-5-10(13(8-11)19-2)9-16-14(17)12-4-3-7-15-12/h5-6,8,12,15H,3-4,7,9H2,1-2H3,(H,16,17)/t12-/m1/s1. The van der Waals surface area contributed by atoms with Crippen LogP contribution in [0.15, 0.2) is 18.2 Å². The van der Waals surface area contributed by atoms with E-state index in [0.29, 0.717) is 6.54 Å². The van der Waals surface area contributed by atoms with Crippen LogP contribution in [0, 0.1) is 0 Å². The van der Waals surface area contributed by atoms with Gasteiger partial charge in [-0.25, -0.2) is 0 Å². The molecule has 1 fully saturated rings. The molecular weight excluding hydrogens is 244 g/mol. The van der Waals surface area contributed by atoms with E-state index < -0.39 is 0 Å². The van der Waals surface area contributed by atoms with Crippen LogP contribution in [-0.2, 0) is 11.3 Å². The summed E-state index contributed by atoms with van der Waals surface area (Å²) in [5.41, 5.74) is 0.939. The number of ether oxygens (including phenoxy) is 2. The second kappa shape index (κ2) is 6.43. The van der Waals surface area contributed by atoms with Gasteiger partial charge in [-0.3, -0.25) is 4.79 Å². The first kappa shape index (κ1) is 13.7. The lowest BCUT2D eigenvalue weighted by Crippen LogP contribution is -2.40. The number of amides is 1. The Labute approximate surface area is 113 Å². The Kier molecular flexibility index (Phi) is 4.63. The Bertz CT molecular complexity index is 442. The maximum Gasteiger partial charge on any atom is 0.237 e. The van der Waals surface area contributed by atoms with E-state index in [1.807, 2.05) is 18.2 Å². The van der Waals surface area contributed by atoms with Crippen molar-refractivity contribution < 1.29 is 14.3 Å². The summed E-state index contributed by atoms with van der Waals surface area (Å²) in [5, 5.41) is 6.11. The molecule has 0 radical (unpaired) electrons. The predicted octanol–water partition coefficient (Wildman–Crippen LogP) is 1.07. The van der Waals surface area contributed by atoms with Gasteiger partial charge >= 0.3 is 0 Å². The van der Waals surface area contributed by atoms with Crippen molar-refractivity contribution in [2.75, 3.05) is 20.8 Å². The fourth-order valence-corrected chi connectivity index (χ4v) is 2.21. The summed E-state index contributed by atoms with van der Waals surface area (Å²) >= 11 is 0. The van der Waals surface area contributed by atoms with E-state index in [-0.39, 0.29) is 11.9 Å². The molecule has 1 atom stereocenters. The highest BCUT2D eigenvalue weighted by molar-refractivity contribution is 5.82. The van der Waals surface area contributed by atoms with Crippen LogP contribution in [0.25, 0.3) is 0 Å². The van der Waals surface area contributed by atoms with Crippen molar-refractivity contribution in [2.24, 2.45) is 0 Å². The lowest BCUT2D eigenvalue weighted by Gasteiger charge is -2.13. The minimum absolute atomic E-state index is 0.0513. The van der Waals surface area contributed by atoms with Crippen LogP contribution in [0.3, 0.4) is 0 Å². The number of carbonyl (C=O) groups is 1. The third-order valence-corrected chi connectivity index (χ3v) is 3.32. The minimum atomic E-state index is -0.0516. The van der Waals surface area contributed by atoms with Crippen molar-refractivity contribution in [3.05, 3.63) is 23.8 Å². The molecule has 0 aliphatic carbocycles. The zero-order valence-electron chi connectivity index (χ0n) is 11.4. The third kappa shape index (κ3) is 3.38. The number of hydrogen-bond acceptors (Lipinski definition) is 4. The summed E-state index contributed by atoms with van der Waals surface area (Å²) in [6, 6.07) is 5.52. The summed E-state index contributed by atoms with van der Waals surface area (Å²) in [4.78, 5) is 11.9. The Morgan fingerprint density at radius 3 is 2.89 bits per heavy atom. The summed E-state index contributed by atoms with van der Waals surface area (Å²) in [6.07, 6.45) is 1.97. The fourth-order valence-electron chi connectivity index (χ4n) is 2.21. The normalized spacial score (nSPS) is 18.1. The molecule has 1 amide bonds. The van der Waals surface area contributed by atoms with Crippen molar-refractivity contribution in [1.82, 2.24) is 10.6 Å². The number of rotatable bonds is 5. The summed E-state index contributed by atoms with van der Waals surface area (Å²) in [6.45, 7) is 1.38. The molecule has 1 aliphatic rings. The van der Waals surface area contributed by atoms with Crippen LogP contribution >= 0.6 is 0 Å². The molecular formula is C14H20N2O3. The van der Waals surface area contributed by atoms with Gasteiger partial charge in [0.15, 0.2) is 0 Å². The second-order valence-corrected chi connectivity index (χ2v) is 4.54. The van der Waals surface area contributed by atoms with Gasteiger partial charge in [0, 0.05) is 18.2 Å². The van der Waals surface area contributed by atoms with Gasteiger partial charge in [-0.1, -0.05) is 0 Å².